The van der Waals surface area contributed by atoms with Crippen molar-refractivity contribution in [3.8, 4) is 0 Å². The maximum atomic E-state index is 12.1. The molecule has 0 aromatic heterocycles. The van der Waals surface area contributed by atoms with Gasteiger partial charge in [0.05, 0.1) is 42.9 Å². The van der Waals surface area contributed by atoms with E-state index in [0.29, 0.717) is 12.1 Å². The number of aromatic carboxylic acids is 4. The number of nitro benzene ring substituents is 2. The van der Waals surface area contributed by atoms with Crippen molar-refractivity contribution >= 4 is 78.3 Å². The highest BCUT2D eigenvalue weighted by molar-refractivity contribution is 6.41. The van der Waals surface area contributed by atoms with E-state index >= 15 is 0 Å². The second kappa shape index (κ2) is 7.79. The third kappa shape index (κ3) is 3.00. The van der Waals surface area contributed by atoms with E-state index in [4.69, 9.17) is 0 Å². The molecule has 0 bridgehead atoms. The Kier molecular flexibility index (Phi) is 4.88. The first kappa shape index (κ1) is 23.8. The van der Waals surface area contributed by atoms with Gasteiger partial charge in [-0.1, -0.05) is 12.1 Å². The number of non-ortho nitro benzene ring substituents is 2. The van der Waals surface area contributed by atoms with Gasteiger partial charge in [-0.3, -0.25) is 20.2 Å². The first-order valence-electron chi connectivity index (χ1n) is 10.4. The Morgan fingerprint density at radius 3 is 1.08 bits per heavy atom. The molecule has 14 heteroatoms. The number of carboxylic acid groups (broad SMARTS) is 4. The molecule has 0 aliphatic heterocycles. The van der Waals surface area contributed by atoms with Crippen LogP contribution < -0.4 is 0 Å². The normalized spacial score (nSPS) is 11.4. The van der Waals surface area contributed by atoms with E-state index in [1.807, 2.05) is 0 Å². The van der Waals surface area contributed by atoms with Crippen LogP contribution in [0.2, 0.25) is 0 Å². The van der Waals surface area contributed by atoms with Crippen LogP contribution in [-0.2, 0) is 0 Å². The van der Waals surface area contributed by atoms with Crippen LogP contribution in [0.15, 0.2) is 36.4 Å². The zero-order valence-electron chi connectivity index (χ0n) is 18.4. The summed E-state index contributed by atoms with van der Waals surface area (Å²) in [5.74, 6) is -6.56. The topological polar surface area (TPSA) is 235 Å². The zero-order chi connectivity index (χ0) is 27.8. The third-order valence-electron chi connectivity index (χ3n) is 6.38. The monoisotopic (exact) mass is 518 g/mol. The van der Waals surface area contributed by atoms with E-state index in [1.54, 1.807) is 0 Å². The molecule has 0 amide bonds. The number of hydrogen-bond acceptors (Lipinski definition) is 8. The Balaban J connectivity index is 2.32. The highest BCUT2D eigenvalue weighted by Gasteiger charge is 2.33. The molecule has 0 atom stereocenters. The molecule has 5 rings (SSSR count). The molecule has 4 N–H and O–H groups in total. The molecule has 188 valence electrons. The summed E-state index contributed by atoms with van der Waals surface area (Å²) < 4.78 is 0. The summed E-state index contributed by atoms with van der Waals surface area (Å²) in [4.78, 5) is 70.6. The standard InChI is InChI=1S/C24H10N2O12/c27-21(28)9-3-1-7-17-13(25(35)36)5-12(24(33)34)16-10(22(29)30)4-2-8(20(16)17)18-14(26(37)38)6-11(23(31)32)15(9)19(7)18/h1-6H,(H,27,28)(H,29,30)(H,31,32)(H,33,34). The van der Waals surface area contributed by atoms with Gasteiger partial charge in [0.1, 0.15) is 0 Å². The number of carbonyl (C=O) groups is 4. The summed E-state index contributed by atoms with van der Waals surface area (Å²) in [5.41, 5.74) is -4.22. The van der Waals surface area contributed by atoms with Crippen LogP contribution >= 0.6 is 0 Å². The molecular formula is C24H10N2O12. The first-order chi connectivity index (χ1) is 17.9. The van der Waals surface area contributed by atoms with E-state index in [9.17, 15) is 59.8 Å². The quantitative estimate of drug-likeness (QED) is 0.106. The molecule has 5 aromatic carbocycles. The highest BCUT2D eigenvalue weighted by atomic mass is 16.6. The molecule has 0 aliphatic rings. The minimum absolute atomic E-state index is 0.199. The maximum Gasteiger partial charge on any atom is 0.336 e. The van der Waals surface area contributed by atoms with Crippen LogP contribution in [0.4, 0.5) is 11.4 Å². The van der Waals surface area contributed by atoms with Crippen LogP contribution in [0.3, 0.4) is 0 Å². The van der Waals surface area contributed by atoms with Gasteiger partial charge >= 0.3 is 23.9 Å². The summed E-state index contributed by atoms with van der Waals surface area (Å²) in [7, 11) is 0. The molecule has 14 nitrogen and oxygen atoms in total. The number of rotatable bonds is 6. The molecule has 0 radical (unpaired) electrons. The number of fused-ring (bicyclic) bond motifs is 2. The van der Waals surface area contributed by atoms with Gasteiger partial charge in [0.15, 0.2) is 0 Å². The van der Waals surface area contributed by atoms with E-state index in [2.05, 4.69) is 0 Å². The van der Waals surface area contributed by atoms with E-state index in [-0.39, 0.29) is 32.3 Å². The molecule has 0 unspecified atom stereocenters. The van der Waals surface area contributed by atoms with Crippen molar-refractivity contribution in [3.63, 3.8) is 0 Å². The molecular weight excluding hydrogens is 508 g/mol. The number of hydrogen-bond donors (Lipinski definition) is 4. The summed E-state index contributed by atoms with van der Waals surface area (Å²) in [5, 5.41) is 60.8. The van der Waals surface area contributed by atoms with Gasteiger partial charge in [0, 0.05) is 33.7 Å². The molecule has 0 fully saturated rings. The van der Waals surface area contributed by atoms with Crippen molar-refractivity contribution in [1.29, 1.82) is 0 Å². The second-order valence-corrected chi connectivity index (χ2v) is 8.19. The molecule has 0 aliphatic carbocycles. The lowest BCUT2D eigenvalue weighted by molar-refractivity contribution is -0.383. The van der Waals surface area contributed by atoms with E-state index < -0.39 is 78.1 Å². The Labute approximate surface area is 207 Å². The average molecular weight is 518 g/mol. The fourth-order valence-corrected chi connectivity index (χ4v) is 5.05. The Morgan fingerprint density at radius 2 is 0.816 bits per heavy atom. The summed E-state index contributed by atoms with van der Waals surface area (Å²) in [6.45, 7) is 0. The molecule has 0 saturated heterocycles. The average Bonchev–Trinajstić information content (AvgIpc) is 2.84. The lowest BCUT2D eigenvalue weighted by Crippen LogP contribution is -2.09. The molecule has 5 aromatic rings. The van der Waals surface area contributed by atoms with Gasteiger partial charge in [-0.05, 0) is 22.9 Å². The predicted octanol–water partition coefficient (Wildman–Crippen LogP) is 4.35. The number of nitro groups is 2. The van der Waals surface area contributed by atoms with Crippen LogP contribution in [0.1, 0.15) is 41.4 Å². The van der Waals surface area contributed by atoms with E-state index in [1.165, 1.54) is 0 Å². The van der Waals surface area contributed by atoms with Crippen molar-refractivity contribution in [3.05, 3.63) is 78.9 Å². The maximum absolute atomic E-state index is 12.1. The van der Waals surface area contributed by atoms with Crippen molar-refractivity contribution in [2.24, 2.45) is 0 Å². The lowest BCUT2D eigenvalue weighted by atomic mass is 9.83. The second-order valence-electron chi connectivity index (χ2n) is 8.19. The van der Waals surface area contributed by atoms with Gasteiger partial charge < -0.3 is 20.4 Å². The van der Waals surface area contributed by atoms with Gasteiger partial charge in [0.25, 0.3) is 11.4 Å². The minimum Gasteiger partial charge on any atom is -0.478 e. The van der Waals surface area contributed by atoms with Crippen molar-refractivity contribution < 1.29 is 49.5 Å². The predicted molar refractivity (Wildman–Crippen MR) is 129 cm³/mol. The van der Waals surface area contributed by atoms with Crippen LogP contribution in [-0.4, -0.2) is 54.1 Å². The molecule has 0 saturated carbocycles. The van der Waals surface area contributed by atoms with Gasteiger partial charge in [-0.25, -0.2) is 19.2 Å². The number of nitrogens with zero attached hydrogens (tertiary/aromatic N) is 2. The first-order valence-corrected chi connectivity index (χ1v) is 10.4. The summed E-state index contributed by atoms with van der Waals surface area (Å²) in [6, 6.07) is 5.40. The largest absolute Gasteiger partial charge is 0.478 e. The van der Waals surface area contributed by atoms with Crippen molar-refractivity contribution in [2.45, 2.75) is 0 Å². The van der Waals surface area contributed by atoms with Crippen LogP contribution in [0.5, 0.6) is 0 Å². The SMILES string of the molecule is O=C(O)c1ccc2c3c([N+](=O)[O-])cc(C(=O)O)c4c(C(=O)O)ccc(c5c([N+](=O)[O-])cc(C(=O)O)c1c25)c43. The third-order valence-corrected chi connectivity index (χ3v) is 6.38. The Bertz CT molecular complexity index is 1850. The summed E-state index contributed by atoms with van der Waals surface area (Å²) in [6.07, 6.45) is 0. The fourth-order valence-electron chi connectivity index (χ4n) is 5.05. The Hall–Kier alpha value is -5.92. The molecule has 0 spiro atoms. The Morgan fingerprint density at radius 1 is 0.500 bits per heavy atom. The number of carboxylic acids is 4. The molecule has 38 heavy (non-hydrogen) atoms. The van der Waals surface area contributed by atoms with Gasteiger partial charge in [-0.2, -0.15) is 0 Å². The molecule has 0 heterocycles. The summed E-state index contributed by atoms with van der Waals surface area (Å²) >= 11 is 0. The minimum atomic E-state index is -1.70. The smallest absolute Gasteiger partial charge is 0.336 e. The highest BCUT2D eigenvalue weighted by Crippen LogP contribution is 2.49. The number of benzene rings is 5. The van der Waals surface area contributed by atoms with Gasteiger partial charge in [-0.15, -0.1) is 0 Å². The van der Waals surface area contributed by atoms with Crippen molar-refractivity contribution in [2.75, 3.05) is 0 Å². The van der Waals surface area contributed by atoms with Gasteiger partial charge in [0.2, 0.25) is 0 Å². The lowest BCUT2D eigenvalue weighted by Gasteiger charge is -2.18. The van der Waals surface area contributed by atoms with Crippen LogP contribution in [0, 0.1) is 20.2 Å². The fraction of sp³-hybridized carbons (Fsp3) is 0. The van der Waals surface area contributed by atoms with Crippen molar-refractivity contribution in [1.82, 2.24) is 0 Å². The van der Waals surface area contributed by atoms with Crippen LogP contribution in [0.25, 0.3) is 43.1 Å². The zero-order valence-corrected chi connectivity index (χ0v) is 18.4. The van der Waals surface area contributed by atoms with E-state index in [0.717, 1.165) is 24.3 Å².